The first kappa shape index (κ1) is 11.2. The highest BCUT2D eigenvalue weighted by Crippen LogP contribution is 2.43. The number of carboxylic acids is 1. The highest BCUT2D eigenvalue weighted by atomic mass is 16.5. The minimum Gasteiger partial charge on any atom is -0.478 e. The lowest BCUT2D eigenvalue weighted by Gasteiger charge is -2.34. The van der Waals surface area contributed by atoms with Crippen LogP contribution in [0.3, 0.4) is 0 Å². The van der Waals surface area contributed by atoms with Gasteiger partial charge >= 0.3 is 5.97 Å². The van der Waals surface area contributed by atoms with E-state index in [1.807, 2.05) is 0 Å². The van der Waals surface area contributed by atoms with E-state index in [9.17, 15) is 4.79 Å². The van der Waals surface area contributed by atoms with Crippen LogP contribution in [0.4, 0.5) is 0 Å². The second-order valence-electron chi connectivity index (χ2n) is 5.38. The minimum atomic E-state index is -0.945. The molecular formula is C12H17NO3. The number of rotatable bonds is 2. The van der Waals surface area contributed by atoms with Gasteiger partial charge in [0.05, 0.1) is 0 Å². The van der Waals surface area contributed by atoms with Crippen LogP contribution in [0.2, 0.25) is 0 Å². The fourth-order valence-electron chi connectivity index (χ4n) is 2.63. The molecule has 1 aromatic rings. The summed E-state index contributed by atoms with van der Waals surface area (Å²) in [4.78, 5) is 11.0. The Bertz CT molecular complexity index is 395. The molecule has 0 aromatic carbocycles. The van der Waals surface area contributed by atoms with Gasteiger partial charge < -0.3 is 9.63 Å². The molecule has 0 spiro atoms. The highest BCUT2D eigenvalue weighted by molar-refractivity contribution is 5.88. The van der Waals surface area contributed by atoms with Crippen molar-refractivity contribution in [1.82, 2.24) is 5.16 Å². The first-order valence-corrected chi connectivity index (χ1v) is 5.67. The number of carboxylic acid groups (broad SMARTS) is 1. The molecule has 1 aliphatic carbocycles. The number of nitrogens with zero attached hydrogens (tertiary/aromatic N) is 1. The van der Waals surface area contributed by atoms with E-state index in [-0.39, 0.29) is 16.9 Å². The van der Waals surface area contributed by atoms with Crippen molar-refractivity contribution in [3.8, 4) is 0 Å². The van der Waals surface area contributed by atoms with E-state index in [1.54, 1.807) is 0 Å². The molecule has 4 nitrogen and oxygen atoms in total. The summed E-state index contributed by atoms with van der Waals surface area (Å²) >= 11 is 0. The molecule has 0 aliphatic heterocycles. The zero-order chi connectivity index (χ0) is 11.8. The molecule has 0 bridgehead atoms. The molecule has 88 valence electrons. The van der Waals surface area contributed by atoms with Crippen LogP contribution in [0.1, 0.15) is 61.5 Å². The summed E-state index contributed by atoms with van der Waals surface area (Å²) in [6, 6.07) is 0. The predicted octanol–water partition coefficient (Wildman–Crippen LogP) is 3.06. The number of hydrogen-bond acceptors (Lipinski definition) is 3. The van der Waals surface area contributed by atoms with Crippen LogP contribution in [0, 0.1) is 5.41 Å². The van der Waals surface area contributed by atoms with E-state index >= 15 is 0 Å². The van der Waals surface area contributed by atoms with Gasteiger partial charge in [0.15, 0.2) is 0 Å². The Balaban J connectivity index is 2.23. The third-order valence-corrected chi connectivity index (χ3v) is 3.42. The van der Waals surface area contributed by atoms with Gasteiger partial charge in [-0.1, -0.05) is 25.4 Å². The van der Waals surface area contributed by atoms with Crippen molar-refractivity contribution in [2.24, 2.45) is 5.41 Å². The van der Waals surface area contributed by atoms with Gasteiger partial charge in [-0.3, -0.25) is 0 Å². The second kappa shape index (κ2) is 3.92. The highest BCUT2D eigenvalue weighted by Gasteiger charge is 2.32. The number of hydrogen-bond donors (Lipinski definition) is 1. The van der Waals surface area contributed by atoms with E-state index in [0.717, 1.165) is 19.3 Å². The molecule has 1 unspecified atom stereocenters. The molecule has 0 saturated heterocycles. The van der Waals surface area contributed by atoms with Crippen LogP contribution < -0.4 is 0 Å². The SMILES string of the molecule is CC1(C)CCCC(c2nocc2C(=O)O)C1. The van der Waals surface area contributed by atoms with Crippen LogP contribution >= 0.6 is 0 Å². The van der Waals surface area contributed by atoms with Crippen molar-refractivity contribution in [2.45, 2.75) is 45.4 Å². The van der Waals surface area contributed by atoms with Gasteiger partial charge in [0, 0.05) is 5.92 Å². The monoisotopic (exact) mass is 223 g/mol. The normalized spacial score (nSPS) is 24.2. The van der Waals surface area contributed by atoms with Crippen molar-refractivity contribution in [2.75, 3.05) is 0 Å². The zero-order valence-corrected chi connectivity index (χ0v) is 9.69. The molecule has 16 heavy (non-hydrogen) atoms. The molecule has 0 amide bonds. The lowest BCUT2D eigenvalue weighted by molar-refractivity contribution is 0.0693. The van der Waals surface area contributed by atoms with Crippen LogP contribution in [0.25, 0.3) is 0 Å². The molecule has 0 radical (unpaired) electrons. The largest absolute Gasteiger partial charge is 0.478 e. The molecule has 1 aromatic heterocycles. The van der Waals surface area contributed by atoms with Crippen molar-refractivity contribution in [1.29, 1.82) is 0 Å². The van der Waals surface area contributed by atoms with Gasteiger partial charge in [-0.15, -0.1) is 0 Å². The lowest BCUT2D eigenvalue weighted by atomic mass is 9.71. The van der Waals surface area contributed by atoms with Gasteiger partial charge in [-0.2, -0.15) is 0 Å². The number of carbonyl (C=O) groups is 1. The van der Waals surface area contributed by atoms with E-state index in [4.69, 9.17) is 9.63 Å². The average molecular weight is 223 g/mol. The van der Waals surface area contributed by atoms with E-state index in [1.165, 1.54) is 12.7 Å². The third-order valence-electron chi connectivity index (χ3n) is 3.42. The first-order valence-electron chi connectivity index (χ1n) is 5.67. The van der Waals surface area contributed by atoms with Gasteiger partial charge in [0.2, 0.25) is 0 Å². The Hall–Kier alpha value is -1.32. The van der Waals surface area contributed by atoms with E-state index in [2.05, 4.69) is 19.0 Å². The minimum absolute atomic E-state index is 0.225. The third kappa shape index (κ3) is 2.10. The Morgan fingerprint density at radius 1 is 1.62 bits per heavy atom. The molecule has 1 N–H and O–H groups in total. The summed E-state index contributed by atoms with van der Waals surface area (Å²) in [6.07, 6.45) is 5.56. The Kier molecular flexibility index (Phi) is 2.74. The molecule has 1 atom stereocenters. The molecule has 1 fully saturated rings. The van der Waals surface area contributed by atoms with Gasteiger partial charge in [-0.25, -0.2) is 4.79 Å². The van der Waals surface area contributed by atoms with Crippen LogP contribution in [0.5, 0.6) is 0 Å². The fourth-order valence-corrected chi connectivity index (χ4v) is 2.63. The quantitative estimate of drug-likeness (QED) is 0.836. The molecule has 4 heteroatoms. The lowest BCUT2D eigenvalue weighted by Crippen LogP contribution is -2.22. The molecule has 1 saturated carbocycles. The van der Waals surface area contributed by atoms with E-state index in [0.29, 0.717) is 5.69 Å². The smallest absolute Gasteiger partial charge is 0.340 e. The van der Waals surface area contributed by atoms with Crippen molar-refractivity contribution in [3.63, 3.8) is 0 Å². The maximum Gasteiger partial charge on any atom is 0.340 e. The van der Waals surface area contributed by atoms with Crippen molar-refractivity contribution < 1.29 is 14.4 Å². The summed E-state index contributed by atoms with van der Waals surface area (Å²) in [5.41, 5.74) is 1.13. The van der Waals surface area contributed by atoms with Crippen LogP contribution in [0.15, 0.2) is 10.8 Å². The topological polar surface area (TPSA) is 63.3 Å². The molecule has 1 heterocycles. The first-order chi connectivity index (χ1) is 7.49. The Morgan fingerprint density at radius 3 is 3.00 bits per heavy atom. The maximum atomic E-state index is 11.0. The zero-order valence-electron chi connectivity index (χ0n) is 9.69. The van der Waals surface area contributed by atoms with Crippen LogP contribution in [-0.2, 0) is 0 Å². The van der Waals surface area contributed by atoms with E-state index < -0.39 is 5.97 Å². The number of aromatic carboxylic acids is 1. The van der Waals surface area contributed by atoms with Crippen LogP contribution in [-0.4, -0.2) is 16.2 Å². The van der Waals surface area contributed by atoms with Crippen molar-refractivity contribution in [3.05, 3.63) is 17.5 Å². The van der Waals surface area contributed by atoms with Gasteiger partial charge in [0.25, 0.3) is 0 Å². The summed E-state index contributed by atoms with van der Waals surface area (Å²) in [7, 11) is 0. The maximum absolute atomic E-state index is 11.0. The van der Waals surface area contributed by atoms with Gasteiger partial charge in [-0.05, 0) is 24.7 Å². The summed E-state index contributed by atoms with van der Waals surface area (Å²) in [5, 5.41) is 12.9. The molecule has 1 aliphatic rings. The standard InChI is InChI=1S/C12H17NO3/c1-12(2)5-3-4-8(6-12)10-9(11(14)15)7-16-13-10/h7-8H,3-6H2,1-2H3,(H,14,15). The molecular weight excluding hydrogens is 206 g/mol. The van der Waals surface area contributed by atoms with Crippen molar-refractivity contribution >= 4 is 5.97 Å². The number of aromatic nitrogens is 1. The molecule has 2 rings (SSSR count). The summed E-state index contributed by atoms with van der Waals surface area (Å²) in [6.45, 7) is 4.44. The fraction of sp³-hybridized carbons (Fsp3) is 0.667. The predicted molar refractivity (Wildman–Crippen MR) is 58.5 cm³/mol. The average Bonchev–Trinajstić information content (AvgIpc) is 2.64. The van der Waals surface area contributed by atoms with Gasteiger partial charge in [0.1, 0.15) is 17.5 Å². The Labute approximate surface area is 94.6 Å². The summed E-state index contributed by atoms with van der Waals surface area (Å²) in [5.74, 6) is -0.715. The second-order valence-corrected chi connectivity index (χ2v) is 5.38. The Morgan fingerprint density at radius 2 is 2.38 bits per heavy atom. The summed E-state index contributed by atoms with van der Waals surface area (Å²) < 4.78 is 4.80.